The molecular formula is C14H20N6O2. The summed E-state index contributed by atoms with van der Waals surface area (Å²) in [6.07, 6.45) is 5.10. The van der Waals surface area contributed by atoms with E-state index in [0.717, 1.165) is 12.8 Å². The Morgan fingerprint density at radius 1 is 1.18 bits per heavy atom. The van der Waals surface area contributed by atoms with Crippen molar-refractivity contribution in [2.45, 2.75) is 18.9 Å². The van der Waals surface area contributed by atoms with Gasteiger partial charge in [-0.1, -0.05) is 0 Å². The fourth-order valence-corrected chi connectivity index (χ4v) is 2.48. The number of carbonyl (C=O) groups is 2. The Bertz CT molecular complexity index is 566. The number of hydrogen-bond donors (Lipinski definition) is 2. The summed E-state index contributed by atoms with van der Waals surface area (Å²) in [5.74, 6) is 0.0202. The molecule has 2 fully saturated rings. The zero-order valence-electron chi connectivity index (χ0n) is 12.4. The molecule has 1 saturated heterocycles. The van der Waals surface area contributed by atoms with E-state index < -0.39 is 0 Å². The van der Waals surface area contributed by atoms with Crippen LogP contribution in [-0.4, -0.2) is 70.3 Å². The van der Waals surface area contributed by atoms with Crippen LogP contribution in [0.5, 0.6) is 0 Å². The van der Waals surface area contributed by atoms with Gasteiger partial charge < -0.3 is 16.0 Å². The topological polar surface area (TPSA) is 104 Å². The van der Waals surface area contributed by atoms with Crippen molar-refractivity contribution in [3.63, 3.8) is 0 Å². The molecule has 22 heavy (non-hydrogen) atoms. The van der Waals surface area contributed by atoms with Crippen LogP contribution in [0, 0.1) is 0 Å². The van der Waals surface area contributed by atoms with Crippen LogP contribution >= 0.6 is 0 Å². The molecule has 2 heterocycles. The van der Waals surface area contributed by atoms with Crippen molar-refractivity contribution < 1.29 is 9.59 Å². The highest BCUT2D eigenvalue weighted by molar-refractivity contribution is 5.96. The van der Waals surface area contributed by atoms with Gasteiger partial charge in [0.1, 0.15) is 0 Å². The minimum absolute atomic E-state index is 0.0699. The third kappa shape index (κ3) is 3.51. The van der Waals surface area contributed by atoms with E-state index in [2.05, 4.69) is 20.2 Å². The minimum Gasteiger partial charge on any atom is -0.382 e. The molecule has 1 aliphatic carbocycles. The van der Waals surface area contributed by atoms with Gasteiger partial charge in [0, 0.05) is 44.6 Å². The Kier molecular flexibility index (Phi) is 4.19. The van der Waals surface area contributed by atoms with E-state index >= 15 is 0 Å². The maximum atomic E-state index is 12.3. The minimum atomic E-state index is -0.201. The summed E-state index contributed by atoms with van der Waals surface area (Å²) in [4.78, 5) is 35.8. The standard InChI is InChI=1S/C14H20N6O2/c15-13-12(16-3-4-17-13)14(22)20-7-5-19(6-8-20)9-11(21)18-10-1-2-10/h3-4,10H,1-2,5-9H2,(H2,15,17)(H,18,21). The molecule has 0 aromatic carbocycles. The van der Waals surface area contributed by atoms with Gasteiger partial charge in [-0.05, 0) is 12.8 Å². The monoisotopic (exact) mass is 304 g/mol. The molecule has 1 aromatic heterocycles. The van der Waals surface area contributed by atoms with E-state index in [1.807, 2.05) is 0 Å². The summed E-state index contributed by atoms with van der Waals surface area (Å²) in [5.41, 5.74) is 5.89. The molecule has 0 bridgehead atoms. The first-order valence-electron chi connectivity index (χ1n) is 7.51. The van der Waals surface area contributed by atoms with Gasteiger partial charge in [0.05, 0.1) is 6.54 Å². The third-order valence-corrected chi connectivity index (χ3v) is 3.90. The van der Waals surface area contributed by atoms with Crippen molar-refractivity contribution in [3.8, 4) is 0 Å². The zero-order chi connectivity index (χ0) is 15.5. The molecule has 1 aliphatic heterocycles. The number of carbonyl (C=O) groups excluding carboxylic acids is 2. The second-order valence-corrected chi connectivity index (χ2v) is 5.70. The third-order valence-electron chi connectivity index (χ3n) is 3.90. The summed E-state index contributed by atoms with van der Waals surface area (Å²) in [7, 11) is 0. The van der Waals surface area contributed by atoms with Crippen LogP contribution in [0.2, 0.25) is 0 Å². The highest BCUT2D eigenvalue weighted by atomic mass is 16.2. The number of nitrogens with two attached hydrogens (primary N) is 1. The van der Waals surface area contributed by atoms with Crippen molar-refractivity contribution in [2.75, 3.05) is 38.5 Å². The summed E-state index contributed by atoms with van der Waals surface area (Å²) >= 11 is 0. The van der Waals surface area contributed by atoms with E-state index in [1.165, 1.54) is 12.4 Å². The van der Waals surface area contributed by atoms with Crippen LogP contribution in [-0.2, 0) is 4.79 Å². The molecule has 2 aliphatic rings. The lowest BCUT2D eigenvalue weighted by Crippen LogP contribution is -2.51. The van der Waals surface area contributed by atoms with Gasteiger partial charge in [-0.25, -0.2) is 9.97 Å². The van der Waals surface area contributed by atoms with Gasteiger partial charge in [0.25, 0.3) is 5.91 Å². The van der Waals surface area contributed by atoms with Crippen LogP contribution in [0.15, 0.2) is 12.4 Å². The van der Waals surface area contributed by atoms with Crippen molar-refractivity contribution in [2.24, 2.45) is 0 Å². The lowest BCUT2D eigenvalue weighted by molar-refractivity contribution is -0.122. The predicted molar refractivity (Wildman–Crippen MR) is 80.0 cm³/mol. The van der Waals surface area contributed by atoms with Crippen LogP contribution in [0.1, 0.15) is 23.3 Å². The number of hydrogen-bond acceptors (Lipinski definition) is 6. The zero-order valence-corrected chi connectivity index (χ0v) is 12.4. The van der Waals surface area contributed by atoms with Crippen molar-refractivity contribution >= 4 is 17.6 Å². The molecule has 0 radical (unpaired) electrons. The van der Waals surface area contributed by atoms with Gasteiger partial charge in [-0.3, -0.25) is 14.5 Å². The maximum Gasteiger partial charge on any atom is 0.276 e. The first kappa shape index (κ1) is 14.7. The Hall–Kier alpha value is -2.22. The summed E-state index contributed by atoms with van der Waals surface area (Å²) < 4.78 is 0. The largest absolute Gasteiger partial charge is 0.382 e. The summed E-state index contributed by atoms with van der Waals surface area (Å²) in [6, 6.07) is 0.384. The molecule has 1 saturated carbocycles. The SMILES string of the molecule is Nc1nccnc1C(=O)N1CCN(CC(=O)NC2CC2)CC1. The number of piperazine rings is 1. The Labute approximate surface area is 128 Å². The number of anilines is 1. The lowest BCUT2D eigenvalue weighted by atomic mass is 10.2. The predicted octanol–water partition coefficient (Wildman–Crippen LogP) is -0.905. The van der Waals surface area contributed by atoms with E-state index in [4.69, 9.17) is 5.73 Å². The van der Waals surface area contributed by atoms with Crippen LogP contribution < -0.4 is 11.1 Å². The summed E-state index contributed by atoms with van der Waals surface area (Å²) in [5, 5.41) is 2.97. The van der Waals surface area contributed by atoms with Gasteiger partial charge in [-0.15, -0.1) is 0 Å². The van der Waals surface area contributed by atoms with Gasteiger partial charge in [-0.2, -0.15) is 0 Å². The average Bonchev–Trinajstić information content (AvgIpc) is 3.31. The van der Waals surface area contributed by atoms with Crippen molar-refractivity contribution in [1.82, 2.24) is 25.1 Å². The van der Waals surface area contributed by atoms with Crippen LogP contribution in [0.25, 0.3) is 0 Å². The van der Waals surface area contributed by atoms with Crippen LogP contribution in [0.4, 0.5) is 5.82 Å². The first-order chi connectivity index (χ1) is 10.6. The number of nitrogens with one attached hydrogen (secondary N) is 1. The molecule has 3 rings (SSSR count). The number of aromatic nitrogens is 2. The van der Waals surface area contributed by atoms with Crippen LogP contribution in [0.3, 0.4) is 0 Å². The highest BCUT2D eigenvalue weighted by Gasteiger charge is 2.27. The molecule has 1 aromatic rings. The average molecular weight is 304 g/mol. The fourth-order valence-electron chi connectivity index (χ4n) is 2.48. The second-order valence-electron chi connectivity index (χ2n) is 5.70. The maximum absolute atomic E-state index is 12.3. The lowest BCUT2D eigenvalue weighted by Gasteiger charge is -2.34. The fraction of sp³-hybridized carbons (Fsp3) is 0.571. The first-order valence-corrected chi connectivity index (χ1v) is 7.51. The van der Waals surface area contributed by atoms with Crippen molar-refractivity contribution in [1.29, 1.82) is 0 Å². The molecule has 0 spiro atoms. The van der Waals surface area contributed by atoms with Gasteiger partial charge in [0.15, 0.2) is 11.5 Å². The molecule has 118 valence electrons. The van der Waals surface area contributed by atoms with Gasteiger partial charge >= 0.3 is 0 Å². The van der Waals surface area contributed by atoms with E-state index in [1.54, 1.807) is 4.90 Å². The molecular weight excluding hydrogens is 284 g/mol. The molecule has 3 N–H and O–H groups in total. The van der Waals surface area contributed by atoms with Gasteiger partial charge in [0.2, 0.25) is 5.91 Å². The van der Waals surface area contributed by atoms with E-state index in [-0.39, 0.29) is 23.3 Å². The van der Waals surface area contributed by atoms with E-state index in [0.29, 0.717) is 38.8 Å². The number of amides is 2. The molecule has 0 unspecified atom stereocenters. The Balaban J connectivity index is 1.49. The normalized spacial score (nSPS) is 19.0. The summed E-state index contributed by atoms with van der Waals surface area (Å²) in [6.45, 7) is 2.86. The van der Waals surface area contributed by atoms with E-state index in [9.17, 15) is 9.59 Å². The number of nitrogen functional groups attached to an aromatic ring is 1. The molecule has 2 amide bonds. The van der Waals surface area contributed by atoms with Crippen molar-refractivity contribution in [3.05, 3.63) is 18.1 Å². The Morgan fingerprint density at radius 2 is 1.86 bits per heavy atom. The molecule has 8 nitrogen and oxygen atoms in total. The molecule has 8 heteroatoms. The Morgan fingerprint density at radius 3 is 2.50 bits per heavy atom. The quantitative estimate of drug-likeness (QED) is 0.746. The number of nitrogens with zero attached hydrogens (tertiary/aromatic N) is 4. The second kappa shape index (κ2) is 6.27. The number of rotatable bonds is 4. The highest BCUT2D eigenvalue weighted by Crippen LogP contribution is 2.18. The smallest absolute Gasteiger partial charge is 0.276 e. The molecule has 0 atom stereocenters.